The third-order valence-corrected chi connectivity index (χ3v) is 5.11. The van der Waals surface area contributed by atoms with Gasteiger partial charge in [-0.2, -0.15) is 0 Å². The minimum atomic E-state index is -1.14. The molecule has 1 heterocycles. The highest BCUT2D eigenvalue weighted by molar-refractivity contribution is 5.79. The van der Waals surface area contributed by atoms with Crippen molar-refractivity contribution in [3.8, 4) is 0 Å². The van der Waals surface area contributed by atoms with Crippen molar-refractivity contribution in [1.29, 1.82) is 0 Å². The summed E-state index contributed by atoms with van der Waals surface area (Å²) in [5.41, 5.74) is 0.815. The first-order valence-electron chi connectivity index (χ1n) is 9.47. The number of hydrogen-bond donors (Lipinski definition) is 3. The van der Waals surface area contributed by atoms with Gasteiger partial charge < -0.3 is 20.2 Å². The monoisotopic (exact) mass is 393 g/mol. The van der Waals surface area contributed by atoms with Crippen molar-refractivity contribution in [2.24, 2.45) is 11.8 Å². The van der Waals surface area contributed by atoms with E-state index in [2.05, 4.69) is 0 Å². The Morgan fingerprint density at radius 3 is 2.50 bits per heavy atom. The van der Waals surface area contributed by atoms with E-state index in [9.17, 15) is 24.2 Å². The second-order valence-corrected chi connectivity index (χ2v) is 7.69. The van der Waals surface area contributed by atoms with Crippen LogP contribution < -0.4 is 0 Å². The first-order chi connectivity index (χ1) is 13.2. The molecule has 1 aliphatic heterocycles. The lowest BCUT2D eigenvalue weighted by Gasteiger charge is -2.28. The van der Waals surface area contributed by atoms with E-state index in [-0.39, 0.29) is 36.0 Å². The molecule has 1 amide bonds. The van der Waals surface area contributed by atoms with E-state index in [4.69, 9.17) is 5.11 Å². The average molecular weight is 393 g/mol. The summed E-state index contributed by atoms with van der Waals surface area (Å²) in [6.45, 7) is 4.41. The summed E-state index contributed by atoms with van der Waals surface area (Å²) >= 11 is 0. The number of likely N-dealkylation sites (tertiary alicyclic amines) is 1. The molecule has 0 saturated carbocycles. The number of carboxylic acids is 1. The van der Waals surface area contributed by atoms with Crippen LogP contribution in [0.5, 0.6) is 0 Å². The van der Waals surface area contributed by atoms with Crippen LogP contribution in [0.1, 0.15) is 38.7 Å². The van der Waals surface area contributed by atoms with E-state index in [0.29, 0.717) is 13.0 Å². The van der Waals surface area contributed by atoms with E-state index in [0.717, 1.165) is 5.56 Å². The first-order valence-corrected chi connectivity index (χ1v) is 9.47. The number of benzene rings is 1. The van der Waals surface area contributed by atoms with Gasteiger partial charge in [0.25, 0.3) is 0 Å². The van der Waals surface area contributed by atoms with Crippen molar-refractivity contribution >= 4 is 11.9 Å². The lowest BCUT2D eigenvalue weighted by molar-refractivity contribution is -0.139. The third kappa shape index (κ3) is 6.14. The van der Waals surface area contributed by atoms with Crippen molar-refractivity contribution in [3.63, 3.8) is 0 Å². The minimum absolute atomic E-state index is 0.00178. The summed E-state index contributed by atoms with van der Waals surface area (Å²) in [4.78, 5) is 24.9. The molecule has 3 N–H and O–H groups in total. The number of carbonyl (C=O) groups is 2. The molecular weight excluding hydrogens is 365 g/mol. The molecule has 0 unspecified atom stereocenters. The standard InChI is InChI=1S/C21H28FNO5/c1-13(2)18-11-20(26)23(12-14-3-5-15(22)6-4-14)19(18)8-7-16(24)9-17(25)10-21(27)28/h3-8,13,16-19,24-25H,9-12H2,1-2H3,(H,27,28)/t16-,17-,18+,19+/m1/s1. The highest BCUT2D eigenvalue weighted by Crippen LogP contribution is 2.33. The van der Waals surface area contributed by atoms with Gasteiger partial charge in [-0.15, -0.1) is 0 Å². The van der Waals surface area contributed by atoms with Crippen LogP contribution in [0, 0.1) is 17.7 Å². The number of aliphatic hydroxyl groups is 2. The number of hydrogen-bond acceptors (Lipinski definition) is 4. The van der Waals surface area contributed by atoms with E-state index in [1.165, 1.54) is 18.2 Å². The number of carboxylic acid groups (broad SMARTS) is 1. The smallest absolute Gasteiger partial charge is 0.305 e. The summed E-state index contributed by atoms with van der Waals surface area (Å²) in [5, 5.41) is 28.5. The first kappa shape index (κ1) is 22.0. The topological polar surface area (TPSA) is 98.1 Å². The van der Waals surface area contributed by atoms with Gasteiger partial charge in [0, 0.05) is 19.4 Å². The Labute approximate surface area is 164 Å². The van der Waals surface area contributed by atoms with Gasteiger partial charge in [-0.05, 0) is 29.5 Å². The number of halogens is 1. The molecule has 0 spiro atoms. The molecule has 0 aliphatic carbocycles. The van der Waals surface area contributed by atoms with Crippen molar-refractivity contribution in [2.75, 3.05) is 0 Å². The Balaban J connectivity index is 2.11. The highest BCUT2D eigenvalue weighted by atomic mass is 19.1. The zero-order chi connectivity index (χ0) is 20.8. The van der Waals surface area contributed by atoms with Crippen molar-refractivity contribution in [1.82, 2.24) is 4.90 Å². The van der Waals surface area contributed by atoms with E-state index in [1.807, 2.05) is 13.8 Å². The summed E-state index contributed by atoms with van der Waals surface area (Å²) in [6, 6.07) is 5.76. The van der Waals surface area contributed by atoms with Crippen LogP contribution in [0.25, 0.3) is 0 Å². The Morgan fingerprint density at radius 2 is 1.93 bits per heavy atom. The third-order valence-electron chi connectivity index (χ3n) is 5.11. The SMILES string of the molecule is CC(C)[C@@H]1CC(=O)N(Cc2ccc(F)cc2)[C@H]1C=C[C@@H](O)C[C@@H](O)CC(=O)O. The van der Waals surface area contributed by atoms with Gasteiger partial charge >= 0.3 is 5.97 Å². The predicted molar refractivity (Wildman–Crippen MR) is 102 cm³/mol. The molecule has 4 atom stereocenters. The van der Waals surface area contributed by atoms with Crippen molar-refractivity contribution in [2.45, 2.75) is 57.9 Å². The second-order valence-electron chi connectivity index (χ2n) is 7.69. The largest absolute Gasteiger partial charge is 0.481 e. The molecule has 1 aromatic rings. The van der Waals surface area contributed by atoms with Crippen LogP contribution in [-0.4, -0.2) is 50.3 Å². The minimum Gasteiger partial charge on any atom is -0.481 e. The van der Waals surface area contributed by atoms with Crippen LogP contribution >= 0.6 is 0 Å². The number of carbonyl (C=O) groups excluding carboxylic acids is 1. The van der Waals surface area contributed by atoms with Gasteiger partial charge in [-0.25, -0.2) is 4.39 Å². The molecule has 6 nitrogen and oxygen atoms in total. The van der Waals surface area contributed by atoms with Crippen LogP contribution in [0.15, 0.2) is 36.4 Å². The fourth-order valence-corrected chi connectivity index (χ4v) is 3.58. The van der Waals surface area contributed by atoms with Gasteiger partial charge in [0.2, 0.25) is 5.91 Å². The van der Waals surface area contributed by atoms with Gasteiger partial charge in [0.15, 0.2) is 0 Å². The summed E-state index contributed by atoms with van der Waals surface area (Å²) in [7, 11) is 0. The molecule has 7 heteroatoms. The molecule has 1 fully saturated rings. The fourth-order valence-electron chi connectivity index (χ4n) is 3.58. The summed E-state index contributed by atoms with van der Waals surface area (Å²) in [6.07, 6.45) is 1.000. The highest BCUT2D eigenvalue weighted by Gasteiger charge is 2.39. The van der Waals surface area contributed by atoms with Crippen LogP contribution in [0.4, 0.5) is 4.39 Å². The number of nitrogens with zero attached hydrogens (tertiary/aromatic N) is 1. The molecule has 28 heavy (non-hydrogen) atoms. The molecule has 0 aromatic heterocycles. The maximum absolute atomic E-state index is 13.1. The number of amides is 1. The molecule has 1 aliphatic rings. The van der Waals surface area contributed by atoms with Crippen LogP contribution in [0.3, 0.4) is 0 Å². The number of rotatable bonds is 9. The Bertz CT molecular complexity index is 703. The lowest BCUT2D eigenvalue weighted by atomic mass is 9.88. The molecule has 1 saturated heterocycles. The Hall–Kier alpha value is -2.25. The van der Waals surface area contributed by atoms with Crippen molar-refractivity contribution < 1.29 is 29.3 Å². The van der Waals surface area contributed by atoms with Gasteiger partial charge in [0.1, 0.15) is 5.82 Å². The van der Waals surface area contributed by atoms with Gasteiger partial charge in [-0.1, -0.05) is 38.1 Å². The van der Waals surface area contributed by atoms with E-state index in [1.54, 1.807) is 23.1 Å². The normalized spacial score (nSPS) is 22.2. The number of aliphatic carboxylic acids is 1. The van der Waals surface area contributed by atoms with Crippen molar-refractivity contribution in [3.05, 3.63) is 47.8 Å². The molecule has 1 aromatic carbocycles. The van der Waals surface area contributed by atoms with Crippen LogP contribution in [0.2, 0.25) is 0 Å². The van der Waals surface area contributed by atoms with Gasteiger partial charge in [0.05, 0.1) is 24.7 Å². The summed E-state index contributed by atoms with van der Waals surface area (Å²) in [5.74, 6) is -1.16. The fraction of sp³-hybridized carbons (Fsp3) is 0.524. The maximum Gasteiger partial charge on any atom is 0.305 e. The second kappa shape index (κ2) is 9.80. The average Bonchev–Trinajstić information content (AvgIpc) is 2.90. The molecule has 2 rings (SSSR count). The zero-order valence-corrected chi connectivity index (χ0v) is 16.2. The van der Waals surface area contributed by atoms with E-state index >= 15 is 0 Å². The maximum atomic E-state index is 13.1. The van der Waals surface area contributed by atoms with Gasteiger partial charge in [-0.3, -0.25) is 9.59 Å². The molecular formula is C21H28FNO5. The Morgan fingerprint density at radius 1 is 1.29 bits per heavy atom. The quantitative estimate of drug-likeness (QED) is 0.560. The van der Waals surface area contributed by atoms with Crippen LogP contribution in [-0.2, 0) is 16.1 Å². The molecule has 154 valence electrons. The summed E-state index contributed by atoms with van der Waals surface area (Å²) < 4.78 is 13.1. The Kier molecular flexibility index (Phi) is 7.71. The zero-order valence-electron chi connectivity index (χ0n) is 16.2. The predicted octanol–water partition coefficient (Wildman–Crippen LogP) is 2.34. The lowest BCUT2D eigenvalue weighted by Crippen LogP contribution is -2.35. The molecule has 0 radical (unpaired) electrons. The molecule has 0 bridgehead atoms. The van der Waals surface area contributed by atoms with E-state index < -0.39 is 24.6 Å². The number of aliphatic hydroxyl groups excluding tert-OH is 2.